The number of rotatable bonds is 3. The standard InChI is InChI=1S/C19H28N2O2/c22-16-12-14-6-1-2-7-15(14)18(16)20-13-19(23)9-5-11-21-10-4-3-8-17(19)21/h1-2,6-7,16-18,20,22-23H,3-5,8-13H2/t16-,17-,18+,19-/m1/s1. The van der Waals surface area contributed by atoms with E-state index in [1.807, 2.05) is 12.1 Å². The molecule has 2 aliphatic heterocycles. The number of aliphatic hydroxyl groups is 2. The van der Waals surface area contributed by atoms with Crippen LogP contribution in [0.3, 0.4) is 0 Å². The summed E-state index contributed by atoms with van der Waals surface area (Å²) in [6.45, 7) is 2.83. The third-order valence-corrected chi connectivity index (χ3v) is 6.12. The Morgan fingerprint density at radius 2 is 2.00 bits per heavy atom. The molecule has 2 heterocycles. The van der Waals surface area contributed by atoms with Crippen LogP contribution in [0.5, 0.6) is 0 Å². The third-order valence-electron chi connectivity index (χ3n) is 6.12. The van der Waals surface area contributed by atoms with Gasteiger partial charge in [0.05, 0.1) is 17.7 Å². The fourth-order valence-corrected chi connectivity index (χ4v) is 4.93. The smallest absolute Gasteiger partial charge is 0.0926 e. The van der Waals surface area contributed by atoms with Gasteiger partial charge in [-0.2, -0.15) is 0 Å². The molecule has 4 nitrogen and oxygen atoms in total. The van der Waals surface area contributed by atoms with Gasteiger partial charge >= 0.3 is 0 Å². The fraction of sp³-hybridized carbons (Fsp3) is 0.684. The highest BCUT2D eigenvalue weighted by Crippen LogP contribution is 2.36. The SMILES string of the molecule is O[C@@H]1Cc2ccccc2[C@@H]1NC[C@]1(O)CCCN2CCCC[C@@H]21. The minimum absolute atomic E-state index is 0.0470. The van der Waals surface area contributed by atoms with Crippen LogP contribution in [-0.4, -0.2) is 52.5 Å². The van der Waals surface area contributed by atoms with E-state index in [4.69, 9.17) is 0 Å². The summed E-state index contributed by atoms with van der Waals surface area (Å²) in [6.07, 6.45) is 5.84. The van der Waals surface area contributed by atoms with E-state index in [1.54, 1.807) is 0 Å². The molecule has 0 bridgehead atoms. The molecular weight excluding hydrogens is 288 g/mol. The van der Waals surface area contributed by atoms with Crippen LogP contribution in [0.4, 0.5) is 0 Å². The van der Waals surface area contributed by atoms with Crippen molar-refractivity contribution >= 4 is 0 Å². The Balaban J connectivity index is 1.47. The van der Waals surface area contributed by atoms with Crippen molar-refractivity contribution in [3.05, 3.63) is 35.4 Å². The van der Waals surface area contributed by atoms with Gasteiger partial charge in [0.15, 0.2) is 0 Å². The molecule has 1 aromatic rings. The second-order valence-electron chi connectivity index (χ2n) is 7.58. The van der Waals surface area contributed by atoms with E-state index in [2.05, 4.69) is 22.3 Å². The van der Waals surface area contributed by atoms with E-state index in [1.165, 1.54) is 24.0 Å². The Morgan fingerprint density at radius 3 is 2.91 bits per heavy atom. The van der Waals surface area contributed by atoms with Crippen molar-refractivity contribution in [1.29, 1.82) is 0 Å². The number of nitrogens with zero attached hydrogens (tertiary/aromatic N) is 1. The number of hydrogen-bond acceptors (Lipinski definition) is 4. The predicted octanol–water partition coefficient (Wildman–Crippen LogP) is 1.61. The summed E-state index contributed by atoms with van der Waals surface area (Å²) in [5.41, 5.74) is 1.77. The highest BCUT2D eigenvalue weighted by atomic mass is 16.3. The normalized spacial score (nSPS) is 37.4. The first-order valence-electron chi connectivity index (χ1n) is 9.13. The summed E-state index contributed by atoms with van der Waals surface area (Å²) in [6, 6.07) is 8.49. The number of fused-ring (bicyclic) bond motifs is 2. The predicted molar refractivity (Wildman–Crippen MR) is 90.3 cm³/mol. The molecule has 126 valence electrons. The lowest BCUT2D eigenvalue weighted by atomic mass is 9.79. The molecule has 4 rings (SSSR count). The molecule has 0 saturated carbocycles. The van der Waals surface area contributed by atoms with Crippen molar-refractivity contribution in [2.45, 2.75) is 62.3 Å². The van der Waals surface area contributed by atoms with Gasteiger partial charge in [0, 0.05) is 19.0 Å². The number of aliphatic hydroxyl groups excluding tert-OH is 1. The quantitative estimate of drug-likeness (QED) is 0.793. The molecule has 0 aromatic heterocycles. The molecule has 1 aromatic carbocycles. The molecule has 3 N–H and O–H groups in total. The summed E-state index contributed by atoms with van der Waals surface area (Å²) in [5, 5.41) is 25.2. The minimum Gasteiger partial charge on any atom is -0.391 e. The molecule has 0 unspecified atom stereocenters. The van der Waals surface area contributed by atoms with Gasteiger partial charge in [-0.25, -0.2) is 0 Å². The van der Waals surface area contributed by atoms with Crippen molar-refractivity contribution in [3.63, 3.8) is 0 Å². The molecule has 3 aliphatic rings. The maximum atomic E-state index is 11.3. The Bertz CT molecular complexity index is 562. The van der Waals surface area contributed by atoms with Crippen molar-refractivity contribution in [3.8, 4) is 0 Å². The first-order valence-corrected chi connectivity index (χ1v) is 9.13. The largest absolute Gasteiger partial charge is 0.391 e. The first kappa shape index (κ1) is 15.6. The van der Waals surface area contributed by atoms with Gasteiger partial charge in [0.25, 0.3) is 0 Å². The van der Waals surface area contributed by atoms with Crippen LogP contribution in [0.25, 0.3) is 0 Å². The third kappa shape index (κ3) is 2.82. The number of piperidine rings is 2. The fourth-order valence-electron chi connectivity index (χ4n) is 4.93. The summed E-state index contributed by atoms with van der Waals surface area (Å²) >= 11 is 0. The Kier molecular flexibility index (Phi) is 4.18. The highest BCUT2D eigenvalue weighted by Gasteiger charge is 2.44. The molecule has 4 atom stereocenters. The molecule has 4 heteroatoms. The van der Waals surface area contributed by atoms with Crippen LogP contribution in [0, 0.1) is 0 Å². The molecule has 0 amide bonds. The van der Waals surface area contributed by atoms with Crippen LogP contribution >= 0.6 is 0 Å². The molecule has 0 radical (unpaired) electrons. The summed E-state index contributed by atoms with van der Waals surface area (Å²) in [4.78, 5) is 2.48. The van der Waals surface area contributed by atoms with Crippen LogP contribution in [-0.2, 0) is 6.42 Å². The summed E-state index contributed by atoms with van der Waals surface area (Å²) in [5.74, 6) is 0. The maximum Gasteiger partial charge on any atom is 0.0926 e. The second kappa shape index (κ2) is 6.17. The first-order chi connectivity index (χ1) is 11.2. The Labute approximate surface area is 138 Å². The number of nitrogens with one attached hydrogen (secondary N) is 1. The lowest BCUT2D eigenvalue weighted by Crippen LogP contribution is -2.62. The Morgan fingerprint density at radius 1 is 1.17 bits per heavy atom. The van der Waals surface area contributed by atoms with Crippen molar-refractivity contribution in [2.75, 3.05) is 19.6 Å². The minimum atomic E-state index is -0.657. The van der Waals surface area contributed by atoms with E-state index in [9.17, 15) is 10.2 Å². The van der Waals surface area contributed by atoms with Gasteiger partial charge in [0.2, 0.25) is 0 Å². The van der Waals surface area contributed by atoms with E-state index in [-0.39, 0.29) is 18.2 Å². The molecule has 23 heavy (non-hydrogen) atoms. The van der Waals surface area contributed by atoms with Gasteiger partial charge in [0.1, 0.15) is 0 Å². The molecular formula is C19H28N2O2. The summed E-state index contributed by atoms with van der Waals surface area (Å²) in [7, 11) is 0. The van der Waals surface area contributed by atoms with Gasteiger partial charge in [-0.3, -0.25) is 4.90 Å². The van der Waals surface area contributed by atoms with Crippen LogP contribution in [0.15, 0.2) is 24.3 Å². The number of hydrogen-bond donors (Lipinski definition) is 3. The zero-order valence-electron chi connectivity index (χ0n) is 13.7. The van der Waals surface area contributed by atoms with Gasteiger partial charge in [-0.1, -0.05) is 30.7 Å². The van der Waals surface area contributed by atoms with Crippen LogP contribution in [0.1, 0.15) is 49.3 Å². The van der Waals surface area contributed by atoms with Crippen LogP contribution < -0.4 is 5.32 Å². The lowest BCUT2D eigenvalue weighted by molar-refractivity contribution is -0.0942. The van der Waals surface area contributed by atoms with Gasteiger partial charge < -0.3 is 15.5 Å². The zero-order valence-corrected chi connectivity index (χ0v) is 13.7. The van der Waals surface area contributed by atoms with Gasteiger partial charge in [-0.05, 0) is 49.9 Å². The second-order valence-corrected chi connectivity index (χ2v) is 7.58. The Hall–Kier alpha value is -0.940. The van der Waals surface area contributed by atoms with Crippen molar-refractivity contribution in [1.82, 2.24) is 10.2 Å². The van der Waals surface area contributed by atoms with Crippen molar-refractivity contribution < 1.29 is 10.2 Å². The van der Waals surface area contributed by atoms with Crippen molar-refractivity contribution in [2.24, 2.45) is 0 Å². The van der Waals surface area contributed by atoms with E-state index < -0.39 is 5.60 Å². The topological polar surface area (TPSA) is 55.7 Å². The lowest BCUT2D eigenvalue weighted by Gasteiger charge is -2.50. The molecule has 0 spiro atoms. The monoisotopic (exact) mass is 316 g/mol. The maximum absolute atomic E-state index is 11.3. The average Bonchev–Trinajstić information content (AvgIpc) is 2.89. The van der Waals surface area contributed by atoms with Gasteiger partial charge in [-0.15, -0.1) is 0 Å². The summed E-state index contributed by atoms with van der Waals surface area (Å²) < 4.78 is 0. The average molecular weight is 316 g/mol. The highest BCUT2D eigenvalue weighted by molar-refractivity contribution is 5.36. The van der Waals surface area contributed by atoms with E-state index >= 15 is 0 Å². The van der Waals surface area contributed by atoms with Crippen LogP contribution in [0.2, 0.25) is 0 Å². The zero-order chi connectivity index (χ0) is 15.9. The van der Waals surface area contributed by atoms with E-state index in [0.717, 1.165) is 32.4 Å². The molecule has 2 fully saturated rings. The van der Waals surface area contributed by atoms with E-state index in [0.29, 0.717) is 13.0 Å². The number of benzene rings is 1. The molecule has 2 saturated heterocycles. The molecule has 1 aliphatic carbocycles.